The molecule has 36 heavy (non-hydrogen) atoms. The van der Waals surface area contributed by atoms with Gasteiger partial charge in [0.15, 0.2) is 5.78 Å². The van der Waals surface area contributed by atoms with Crippen molar-refractivity contribution in [1.29, 1.82) is 0 Å². The van der Waals surface area contributed by atoms with Gasteiger partial charge in [0.2, 0.25) is 0 Å². The van der Waals surface area contributed by atoms with Crippen molar-refractivity contribution >= 4 is 29.6 Å². The highest BCUT2D eigenvalue weighted by Gasteiger charge is 2.21. The Morgan fingerprint density at radius 1 is 0.778 bits per heavy atom. The van der Waals surface area contributed by atoms with Crippen LogP contribution in [0, 0.1) is 6.92 Å². The quantitative estimate of drug-likeness (QED) is 0.260. The number of benzene rings is 1. The van der Waals surface area contributed by atoms with Crippen molar-refractivity contribution in [3.63, 3.8) is 0 Å². The van der Waals surface area contributed by atoms with E-state index in [-0.39, 0.29) is 18.6 Å². The summed E-state index contributed by atoms with van der Waals surface area (Å²) in [5.74, 6) is -0.675. The van der Waals surface area contributed by atoms with Crippen molar-refractivity contribution in [2.75, 3.05) is 5.32 Å². The number of carbonyl (C=O) groups excluding carboxylic acids is 4. The van der Waals surface area contributed by atoms with Crippen molar-refractivity contribution < 1.29 is 33.4 Å². The summed E-state index contributed by atoms with van der Waals surface area (Å²) in [4.78, 5) is 46.4. The van der Waals surface area contributed by atoms with E-state index in [1.807, 2.05) is 20.8 Å². The molecule has 0 spiro atoms. The van der Waals surface area contributed by atoms with Gasteiger partial charge < -0.3 is 19.9 Å². The molecule has 0 radical (unpaired) electrons. The van der Waals surface area contributed by atoms with Crippen LogP contribution in [0.2, 0.25) is 0 Å². The molecule has 3 N–H and O–H groups in total. The second-order valence-electron chi connectivity index (χ2n) is 10.7. The summed E-state index contributed by atoms with van der Waals surface area (Å²) in [5.41, 5.74) is 4.61. The van der Waals surface area contributed by atoms with Crippen LogP contribution in [-0.2, 0) is 19.0 Å². The third-order valence-corrected chi connectivity index (χ3v) is 3.49. The van der Waals surface area contributed by atoms with E-state index in [0.29, 0.717) is 11.3 Å². The zero-order valence-corrected chi connectivity index (χ0v) is 24.1. The highest BCUT2D eigenvalue weighted by Crippen LogP contribution is 2.21. The topological polar surface area (TPSA) is 134 Å². The molecule has 0 aliphatic rings. The third-order valence-electron chi connectivity index (χ3n) is 3.49. The molecule has 0 aliphatic carbocycles. The molecule has 0 unspecified atom stereocenters. The molecule has 9 nitrogen and oxygen atoms in total. The van der Waals surface area contributed by atoms with Crippen molar-refractivity contribution in [1.82, 2.24) is 0 Å². The van der Waals surface area contributed by atoms with Crippen LogP contribution in [0.15, 0.2) is 18.2 Å². The van der Waals surface area contributed by atoms with Crippen LogP contribution in [0.5, 0.6) is 0 Å². The van der Waals surface area contributed by atoms with Crippen LogP contribution in [0.25, 0.3) is 0 Å². The van der Waals surface area contributed by atoms with Crippen molar-refractivity contribution in [2.45, 2.75) is 113 Å². The number of ketones is 1. The first-order valence-corrected chi connectivity index (χ1v) is 12.0. The van der Waals surface area contributed by atoms with Crippen LogP contribution in [0.4, 0.5) is 15.3 Å². The molecule has 0 bridgehead atoms. The number of nitrogens with one attached hydrogen (secondary N) is 1. The van der Waals surface area contributed by atoms with E-state index in [2.05, 4.69) is 10.1 Å². The normalized spacial score (nSPS) is 11.0. The number of anilines is 1. The van der Waals surface area contributed by atoms with E-state index < -0.39 is 35.0 Å². The smallest absolute Gasteiger partial charge is 0.412 e. The summed E-state index contributed by atoms with van der Waals surface area (Å²) in [6.07, 6.45) is -1.38. The molecule has 9 heteroatoms. The second kappa shape index (κ2) is 15.1. The minimum Gasteiger partial charge on any atom is -0.460 e. The Hall–Kier alpha value is -3.10. The molecule has 0 saturated carbocycles. The molecule has 1 aromatic rings. The van der Waals surface area contributed by atoms with Crippen LogP contribution in [0.3, 0.4) is 0 Å². The third kappa shape index (κ3) is 19.2. The summed E-state index contributed by atoms with van der Waals surface area (Å²) in [6.45, 7) is 21.7. The molecule has 2 amide bonds. The highest BCUT2D eigenvalue weighted by atomic mass is 16.6. The van der Waals surface area contributed by atoms with Gasteiger partial charge in [0.1, 0.15) is 16.8 Å². The number of ether oxygens (including phenoxy) is 3. The lowest BCUT2D eigenvalue weighted by Gasteiger charge is -2.21. The maximum Gasteiger partial charge on any atom is 0.412 e. The Bertz CT molecular complexity index is 874. The van der Waals surface area contributed by atoms with E-state index in [4.69, 9.17) is 15.2 Å². The molecule has 0 heterocycles. The molecule has 0 saturated heterocycles. The molecule has 1 aromatic carbocycles. The van der Waals surface area contributed by atoms with Gasteiger partial charge in [-0.3, -0.25) is 14.9 Å². The summed E-state index contributed by atoms with van der Waals surface area (Å²) in [7, 11) is 0. The fourth-order valence-corrected chi connectivity index (χ4v) is 2.46. The Morgan fingerprint density at radius 2 is 1.25 bits per heavy atom. The average molecular weight is 511 g/mol. The van der Waals surface area contributed by atoms with Gasteiger partial charge in [0.05, 0.1) is 12.1 Å². The van der Waals surface area contributed by atoms with Gasteiger partial charge in [-0.25, -0.2) is 9.59 Å². The Kier molecular flexibility index (Phi) is 14.7. The first-order valence-electron chi connectivity index (χ1n) is 12.0. The molecule has 0 fully saturated rings. The monoisotopic (exact) mass is 510 g/mol. The van der Waals surface area contributed by atoms with Gasteiger partial charge in [-0.1, -0.05) is 25.5 Å². The molecule has 206 valence electrons. The van der Waals surface area contributed by atoms with Gasteiger partial charge in [0.25, 0.3) is 0 Å². The molecular formula is C27H46N2O7. The second-order valence-corrected chi connectivity index (χ2v) is 10.7. The number of amides is 2. The number of aryl methyl sites for hydroxylation is 1. The van der Waals surface area contributed by atoms with Crippen LogP contribution < -0.4 is 11.1 Å². The van der Waals surface area contributed by atoms with E-state index in [1.165, 1.54) is 0 Å². The first-order chi connectivity index (χ1) is 16.2. The number of rotatable bonds is 5. The SMILES string of the molecule is CC.CC(C)(C)OC(N)=O.Cc1ccc(NC(=O)OC(C)(C)C)c(C(=O)CCC(=O)OC(C)(C)C)c1. The van der Waals surface area contributed by atoms with Crippen LogP contribution in [-0.4, -0.2) is 40.7 Å². The highest BCUT2D eigenvalue weighted by molar-refractivity contribution is 6.04. The van der Waals surface area contributed by atoms with Gasteiger partial charge in [-0.2, -0.15) is 0 Å². The minimum atomic E-state index is -0.725. The van der Waals surface area contributed by atoms with Gasteiger partial charge in [0, 0.05) is 12.0 Å². The summed E-state index contributed by atoms with van der Waals surface area (Å²) in [6, 6.07) is 5.13. The van der Waals surface area contributed by atoms with Crippen LogP contribution in [0.1, 0.15) is 105 Å². The molecule has 0 aromatic heterocycles. The Balaban J connectivity index is 0. The van der Waals surface area contributed by atoms with Crippen molar-refractivity contribution in [3.8, 4) is 0 Å². The standard InChI is InChI=1S/C20H29NO5.C5H11NO2.C2H6/c1-13-8-9-15(21-18(24)26-20(5,6)7)14(12-13)16(22)10-11-17(23)25-19(2,3)4;1-5(2,3)8-4(6)7;1-2/h8-9,12H,10-11H2,1-7H3,(H,21,24);1-3H3,(H2,6,7);1-2H3. The number of carbonyl (C=O) groups is 4. The lowest BCUT2D eigenvalue weighted by molar-refractivity contribution is -0.154. The largest absolute Gasteiger partial charge is 0.460 e. The molecule has 1 rings (SSSR count). The van der Waals surface area contributed by atoms with E-state index in [0.717, 1.165) is 5.56 Å². The Morgan fingerprint density at radius 3 is 1.64 bits per heavy atom. The van der Waals surface area contributed by atoms with E-state index in [9.17, 15) is 19.2 Å². The van der Waals surface area contributed by atoms with E-state index in [1.54, 1.807) is 80.5 Å². The zero-order chi connectivity index (χ0) is 28.9. The van der Waals surface area contributed by atoms with E-state index >= 15 is 0 Å². The number of primary amides is 1. The molecule has 0 atom stereocenters. The van der Waals surface area contributed by atoms with Crippen molar-refractivity contribution in [3.05, 3.63) is 29.3 Å². The fraction of sp³-hybridized carbons (Fsp3) is 0.630. The average Bonchev–Trinajstić information content (AvgIpc) is 2.65. The van der Waals surface area contributed by atoms with Gasteiger partial charge in [-0.15, -0.1) is 0 Å². The van der Waals surface area contributed by atoms with Gasteiger partial charge in [-0.05, 0) is 81.4 Å². The van der Waals surface area contributed by atoms with Crippen molar-refractivity contribution in [2.24, 2.45) is 5.73 Å². The number of nitrogens with two attached hydrogens (primary N) is 1. The van der Waals surface area contributed by atoms with Crippen LogP contribution >= 0.6 is 0 Å². The lowest BCUT2D eigenvalue weighted by atomic mass is 10.0. The molecule has 0 aliphatic heterocycles. The first kappa shape index (κ1) is 35.1. The maximum atomic E-state index is 12.6. The fourth-order valence-electron chi connectivity index (χ4n) is 2.46. The summed E-state index contributed by atoms with van der Waals surface area (Å²) >= 11 is 0. The predicted molar refractivity (Wildman–Crippen MR) is 142 cm³/mol. The number of hydrogen-bond acceptors (Lipinski definition) is 7. The molecular weight excluding hydrogens is 464 g/mol. The minimum absolute atomic E-state index is 0.00135. The maximum absolute atomic E-state index is 12.6. The number of esters is 1. The number of Topliss-reactive ketones (excluding diaryl/α,β-unsaturated/α-hetero) is 1. The number of hydrogen-bond donors (Lipinski definition) is 2. The summed E-state index contributed by atoms with van der Waals surface area (Å²) < 4.78 is 15.0. The lowest BCUT2D eigenvalue weighted by Crippen LogP contribution is -2.28. The predicted octanol–water partition coefficient (Wildman–Crippen LogP) is 6.55. The summed E-state index contributed by atoms with van der Waals surface area (Å²) in [5, 5.41) is 2.60. The zero-order valence-electron chi connectivity index (χ0n) is 24.1. The Labute approximate surface area is 216 Å². The van der Waals surface area contributed by atoms with Gasteiger partial charge >= 0.3 is 18.2 Å².